The monoisotopic (exact) mass is 371 g/mol. The molecule has 1 aromatic heterocycles. The molecular formula is C14H11BrClNO4. The van der Waals surface area contributed by atoms with Gasteiger partial charge >= 0.3 is 5.97 Å². The second-order valence-corrected chi connectivity index (χ2v) is 5.44. The van der Waals surface area contributed by atoms with Crippen LogP contribution in [-0.2, 0) is 9.53 Å². The summed E-state index contributed by atoms with van der Waals surface area (Å²) < 4.78 is 10.4. The molecule has 0 saturated heterocycles. The number of halogens is 2. The van der Waals surface area contributed by atoms with E-state index in [1.54, 1.807) is 18.2 Å². The number of benzene rings is 1. The Bertz CT molecular complexity index is 670. The highest BCUT2D eigenvalue weighted by Gasteiger charge is 2.13. The number of aryl methyl sites for hydroxylation is 1. The summed E-state index contributed by atoms with van der Waals surface area (Å²) in [4.78, 5) is 23.3. The van der Waals surface area contributed by atoms with Crippen LogP contribution in [0.2, 0.25) is 5.02 Å². The Kier molecular flexibility index (Phi) is 5.03. The van der Waals surface area contributed by atoms with Crippen molar-refractivity contribution >= 4 is 45.1 Å². The topological polar surface area (TPSA) is 68.5 Å². The zero-order valence-electron chi connectivity index (χ0n) is 11.0. The number of nitrogens with one attached hydrogen (secondary N) is 1. The van der Waals surface area contributed by atoms with Crippen LogP contribution in [0.25, 0.3) is 0 Å². The third-order valence-electron chi connectivity index (χ3n) is 2.60. The van der Waals surface area contributed by atoms with Gasteiger partial charge in [0.2, 0.25) is 5.76 Å². The molecule has 21 heavy (non-hydrogen) atoms. The van der Waals surface area contributed by atoms with Gasteiger partial charge in [-0.2, -0.15) is 0 Å². The maximum Gasteiger partial charge on any atom is 0.374 e. The van der Waals surface area contributed by atoms with E-state index in [2.05, 4.69) is 21.2 Å². The number of carbonyl (C=O) groups excluding carboxylic acids is 2. The van der Waals surface area contributed by atoms with Gasteiger partial charge in [-0.15, -0.1) is 0 Å². The van der Waals surface area contributed by atoms with Gasteiger partial charge in [0.05, 0.1) is 11.3 Å². The first kappa shape index (κ1) is 15.6. The fourth-order valence-electron chi connectivity index (χ4n) is 1.56. The summed E-state index contributed by atoms with van der Waals surface area (Å²) in [5.41, 5.74) is 1.39. The predicted octanol–water partition coefficient (Wildman–Crippen LogP) is 3.80. The average Bonchev–Trinajstić information content (AvgIpc) is 2.96. The Hall–Kier alpha value is -1.79. The molecule has 7 heteroatoms. The quantitative estimate of drug-likeness (QED) is 0.829. The predicted molar refractivity (Wildman–Crippen MR) is 81.5 cm³/mol. The molecule has 0 radical (unpaired) electrons. The minimum atomic E-state index is -0.694. The maximum absolute atomic E-state index is 11.8. The molecule has 2 aromatic rings. The van der Waals surface area contributed by atoms with Gasteiger partial charge in [0.25, 0.3) is 5.91 Å². The molecule has 0 unspecified atom stereocenters. The zero-order valence-corrected chi connectivity index (χ0v) is 13.3. The lowest BCUT2D eigenvalue weighted by molar-refractivity contribution is -0.119. The van der Waals surface area contributed by atoms with E-state index in [0.717, 1.165) is 10.0 Å². The highest BCUT2D eigenvalue weighted by atomic mass is 79.9. The van der Waals surface area contributed by atoms with Crippen LogP contribution in [0.1, 0.15) is 16.1 Å². The third-order valence-corrected chi connectivity index (χ3v) is 3.80. The minimum Gasteiger partial charge on any atom is -0.457 e. The van der Waals surface area contributed by atoms with E-state index in [9.17, 15) is 9.59 Å². The van der Waals surface area contributed by atoms with Gasteiger partial charge in [-0.1, -0.05) is 11.6 Å². The number of esters is 1. The van der Waals surface area contributed by atoms with Gasteiger partial charge in [0.1, 0.15) is 0 Å². The van der Waals surface area contributed by atoms with E-state index in [1.807, 2.05) is 6.92 Å². The van der Waals surface area contributed by atoms with Crippen LogP contribution in [-0.4, -0.2) is 18.5 Å². The Morgan fingerprint density at radius 1 is 1.43 bits per heavy atom. The number of furan rings is 1. The summed E-state index contributed by atoms with van der Waals surface area (Å²) in [5.74, 6) is -1.11. The molecule has 0 aliphatic rings. The molecule has 0 fully saturated rings. The minimum absolute atomic E-state index is 0.0469. The van der Waals surface area contributed by atoms with Gasteiger partial charge in [-0.25, -0.2) is 4.79 Å². The van der Waals surface area contributed by atoms with Crippen molar-refractivity contribution in [2.75, 3.05) is 11.9 Å². The lowest BCUT2D eigenvalue weighted by Gasteiger charge is -2.10. The van der Waals surface area contributed by atoms with Gasteiger partial charge in [0.15, 0.2) is 6.61 Å². The van der Waals surface area contributed by atoms with Crippen molar-refractivity contribution in [3.05, 3.63) is 51.3 Å². The molecular weight excluding hydrogens is 362 g/mol. The van der Waals surface area contributed by atoms with E-state index >= 15 is 0 Å². The van der Waals surface area contributed by atoms with Crippen LogP contribution in [0.3, 0.4) is 0 Å². The lowest BCUT2D eigenvalue weighted by Crippen LogP contribution is -2.21. The van der Waals surface area contributed by atoms with Crippen molar-refractivity contribution in [1.29, 1.82) is 0 Å². The summed E-state index contributed by atoms with van der Waals surface area (Å²) in [5, 5.41) is 3.10. The van der Waals surface area contributed by atoms with Crippen molar-refractivity contribution in [3.8, 4) is 0 Å². The number of hydrogen-bond acceptors (Lipinski definition) is 4. The van der Waals surface area contributed by atoms with Gasteiger partial charge < -0.3 is 14.5 Å². The SMILES string of the molecule is Cc1cc(Br)c(Cl)cc1NC(=O)COC(=O)c1ccco1. The van der Waals surface area contributed by atoms with Crippen LogP contribution >= 0.6 is 27.5 Å². The first-order valence-electron chi connectivity index (χ1n) is 5.93. The van der Waals surface area contributed by atoms with E-state index in [1.165, 1.54) is 12.3 Å². The number of ether oxygens (including phenoxy) is 1. The smallest absolute Gasteiger partial charge is 0.374 e. The summed E-state index contributed by atoms with van der Waals surface area (Å²) >= 11 is 9.26. The summed E-state index contributed by atoms with van der Waals surface area (Å²) in [6.45, 7) is 1.41. The summed E-state index contributed by atoms with van der Waals surface area (Å²) in [7, 11) is 0. The third kappa shape index (κ3) is 4.09. The Morgan fingerprint density at radius 2 is 2.19 bits per heavy atom. The van der Waals surface area contributed by atoms with Crippen molar-refractivity contribution in [3.63, 3.8) is 0 Å². The molecule has 2 rings (SSSR count). The van der Waals surface area contributed by atoms with Crippen LogP contribution in [0.5, 0.6) is 0 Å². The molecule has 0 aliphatic carbocycles. The van der Waals surface area contributed by atoms with Crippen molar-refractivity contribution in [2.24, 2.45) is 0 Å². The average molecular weight is 373 g/mol. The summed E-state index contributed by atoms with van der Waals surface area (Å²) in [6.07, 6.45) is 1.35. The van der Waals surface area contributed by atoms with Crippen molar-refractivity contribution in [1.82, 2.24) is 0 Å². The molecule has 1 heterocycles. The second kappa shape index (κ2) is 6.78. The Labute approximate surface area is 134 Å². The summed E-state index contributed by atoms with van der Waals surface area (Å²) in [6, 6.07) is 6.42. The highest BCUT2D eigenvalue weighted by Crippen LogP contribution is 2.28. The van der Waals surface area contributed by atoms with Crippen LogP contribution < -0.4 is 5.32 Å². The van der Waals surface area contributed by atoms with Crippen molar-refractivity contribution < 1.29 is 18.7 Å². The molecule has 5 nitrogen and oxygen atoms in total. The fraction of sp³-hybridized carbons (Fsp3) is 0.143. The molecule has 0 bridgehead atoms. The Morgan fingerprint density at radius 3 is 2.86 bits per heavy atom. The molecule has 1 aromatic carbocycles. The maximum atomic E-state index is 11.8. The van der Waals surface area contributed by atoms with Crippen molar-refractivity contribution in [2.45, 2.75) is 6.92 Å². The zero-order chi connectivity index (χ0) is 15.4. The molecule has 1 amide bonds. The number of hydrogen-bond donors (Lipinski definition) is 1. The first-order valence-corrected chi connectivity index (χ1v) is 7.10. The van der Waals surface area contributed by atoms with Crippen LogP contribution in [0, 0.1) is 6.92 Å². The van der Waals surface area contributed by atoms with E-state index in [4.69, 9.17) is 20.8 Å². The number of anilines is 1. The standard InChI is InChI=1S/C14H11BrClNO4/c1-8-5-9(15)10(16)6-11(8)17-13(18)7-21-14(19)12-3-2-4-20-12/h2-6H,7H2,1H3,(H,17,18). The molecule has 0 atom stereocenters. The number of rotatable bonds is 4. The highest BCUT2D eigenvalue weighted by molar-refractivity contribution is 9.10. The molecule has 1 N–H and O–H groups in total. The Balaban J connectivity index is 1.93. The lowest BCUT2D eigenvalue weighted by atomic mass is 10.2. The fourth-order valence-corrected chi connectivity index (χ4v) is 2.19. The molecule has 110 valence electrons. The molecule has 0 saturated carbocycles. The van der Waals surface area contributed by atoms with E-state index < -0.39 is 18.5 Å². The van der Waals surface area contributed by atoms with Gasteiger partial charge in [-0.3, -0.25) is 4.79 Å². The number of carbonyl (C=O) groups is 2. The molecule has 0 spiro atoms. The van der Waals surface area contributed by atoms with E-state index in [-0.39, 0.29) is 5.76 Å². The van der Waals surface area contributed by atoms with E-state index in [0.29, 0.717) is 10.7 Å². The normalized spacial score (nSPS) is 10.2. The van der Waals surface area contributed by atoms with Gasteiger partial charge in [-0.05, 0) is 52.7 Å². The second-order valence-electron chi connectivity index (χ2n) is 4.18. The van der Waals surface area contributed by atoms with Crippen LogP contribution in [0.15, 0.2) is 39.4 Å². The first-order chi connectivity index (χ1) is 9.97. The largest absolute Gasteiger partial charge is 0.457 e. The van der Waals surface area contributed by atoms with Crippen LogP contribution in [0.4, 0.5) is 5.69 Å². The van der Waals surface area contributed by atoms with Gasteiger partial charge in [0, 0.05) is 10.2 Å². The molecule has 0 aliphatic heterocycles. The number of amides is 1.